The highest BCUT2D eigenvalue weighted by Gasteiger charge is 2.07. The van der Waals surface area contributed by atoms with Crippen molar-refractivity contribution in [1.82, 2.24) is 9.97 Å². The van der Waals surface area contributed by atoms with E-state index < -0.39 is 0 Å². The molecule has 0 bridgehead atoms. The zero-order chi connectivity index (χ0) is 21.8. The molecule has 3 aromatic rings. The van der Waals surface area contributed by atoms with Crippen molar-refractivity contribution >= 4 is 28.2 Å². The molecule has 2 aromatic carbocycles. The van der Waals surface area contributed by atoms with Crippen LogP contribution in [0.3, 0.4) is 0 Å². The summed E-state index contributed by atoms with van der Waals surface area (Å²) in [6, 6.07) is 15.1. The molecule has 0 radical (unpaired) electrons. The second kappa shape index (κ2) is 12.6. The zero-order valence-electron chi connectivity index (χ0n) is 18.6. The molecule has 0 amide bonds. The van der Waals surface area contributed by atoms with E-state index in [1.165, 1.54) is 44.9 Å². The smallest absolute Gasteiger partial charge is 0.165 e. The van der Waals surface area contributed by atoms with Crippen molar-refractivity contribution in [3.8, 4) is 0 Å². The molecule has 5 heteroatoms. The number of fused-ring (bicyclic) bond motifs is 1. The monoisotopic (exact) mass is 405 g/mol. The van der Waals surface area contributed by atoms with E-state index in [0.717, 1.165) is 10.9 Å². The molecule has 0 unspecified atom stereocenters. The number of rotatable bonds is 8. The number of amidine groups is 1. The van der Waals surface area contributed by atoms with Crippen LogP contribution in [-0.2, 0) is 0 Å². The Balaban J connectivity index is 0.000000303. The Morgan fingerprint density at radius 1 is 0.833 bits per heavy atom. The molecular weight excluding hydrogens is 370 g/mol. The fraction of sp³-hybridized carbons (Fsp3) is 0.400. The number of nitrogens with zero attached hydrogens (tertiary/aromatic N) is 3. The van der Waals surface area contributed by atoms with Crippen molar-refractivity contribution in [2.75, 3.05) is 5.73 Å². The van der Waals surface area contributed by atoms with Crippen LogP contribution in [-0.4, -0.2) is 15.8 Å². The molecule has 5 nitrogen and oxygen atoms in total. The molecule has 160 valence electrons. The number of para-hydroxylation sites is 2. The molecule has 0 aliphatic carbocycles. The largest absolute Gasteiger partial charge is 0.398 e. The summed E-state index contributed by atoms with van der Waals surface area (Å²) >= 11 is 0. The fourth-order valence-corrected chi connectivity index (χ4v) is 3.19. The van der Waals surface area contributed by atoms with E-state index in [2.05, 4.69) is 28.8 Å². The lowest BCUT2D eigenvalue weighted by atomic mass is 10.1. The second-order valence-corrected chi connectivity index (χ2v) is 7.46. The average molecular weight is 406 g/mol. The van der Waals surface area contributed by atoms with Gasteiger partial charge in [-0.3, -0.25) is 0 Å². The summed E-state index contributed by atoms with van der Waals surface area (Å²) in [5, 5.41) is 0.862. The van der Waals surface area contributed by atoms with Crippen molar-refractivity contribution in [3.05, 3.63) is 59.9 Å². The first-order chi connectivity index (χ1) is 14.6. The Kier molecular flexibility index (Phi) is 9.78. The summed E-state index contributed by atoms with van der Waals surface area (Å²) in [6.07, 6.45) is 9.97. The van der Waals surface area contributed by atoms with Crippen LogP contribution in [0.1, 0.15) is 70.2 Å². The third-order valence-corrected chi connectivity index (χ3v) is 4.87. The third kappa shape index (κ3) is 7.14. The van der Waals surface area contributed by atoms with Crippen molar-refractivity contribution in [3.63, 3.8) is 0 Å². The first-order valence-corrected chi connectivity index (χ1v) is 11.0. The molecule has 30 heavy (non-hydrogen) atoms. The van der Waals surface area contributed by atoms with Gasteiger partial charge in [0.2, 0.25) is 0 Å². The molecule has 0 fully saturated rings. The van der Waals surface area contributed by atoms with E-state index in [1.807, 2.05) is 49.4 Å². The maximum atomic E-state index is 6.08. The van der Waals surface area contributed by atoms with Crippen LogP contribution < -0.4 is 11.5 Å². The molecular formula is C25H35N5. The van der Waals surface area contributed by atoms with E-state index in [-0.39, 0.29) is 0 Å². The topological polar surface area (TPSA) is 90.2 Å². The normalized spacial score (nSPS) is 11.2. The summed E-state index contributed by atoms with van der Waals surface area (Å²) in [4.78, 5) is 13.2. The van der Waals surface area contributed by atoms with Crippen LogP contribution in [0.2, 0.25) is 0 Å². The lowest BCUT2D eigenvalue weighted by Crippen LogP contribution is -2.15. The van der Waals surface area contributed by atoms with E-state index in [9.17, 15) is 0 Å². The van der Waals surface area contributed by atoms with Gasteiger partial charge in [0.1, 0.15) is 11.7 Å². The summed E-state index contributed by atoms with van der Waals surface area (Å²) in [6.45, 7) is 6.36. The van der Waals surface area contributed by atoms with Gasteiger partial charge in [-0.15, -0.1) is 0 Å². The number of benzene rings is 2. The number of hydrogen-bond acceptors (Lipinski definition) is 4. The Hall–Kier alpha value is -2.95. The first-order valence-electron chi connectivity index (χ1n) is 11.0. The number of aryl methyl sites for hydroxylation is 1. The Labute approximate surface area is 180 Å². The van der Waals surface area contributed by atoms with Gasteiger partial charge in [0, 0.05) is 16.6 Å². The van der Waals surface area contributed by atoms with E-state index >= 15 is 0 Å². The molecule has 0 spiro atoms. The van der Waals surface area contributed by atoms with Crippen LogP contribution in [0.25, 0.3) is 10.9 Å². The van der Waals surface area contributed by atoms with E-state index in [4.69, 9.17) is 11.5 Å². The first kappa shape index (κ1) is 23.3. The van der Waals surface area contributed by atoms with Crippen molar-refractivity contribution in [1.29, 1.82) is 0 Å². The minimum absolute atomic E-state index is 0.344. The number of anilines is 1. The van der Waals surface area contributed by atoms with Gasteiger partial charge < -0.3 is 11.5 Å². The maximum absolute atomic E-state index is 6.08. The predicted molar refractivity (Wildman–Crippen MR) is 129 cm³/mol. The molecule has 1 aromatic heterocycles. The van der Waals surface area contributed by atoms with Crippen LogP contribution >= 0.6 is 0 Å². The molecule has 0 aliphatic heterocycles. The zero-order valence-corrected chi connectivity index (χ0v) is 18.6. The standard InChI is InChI=1S/C16H15N5.C9H20/c1-10-19-14-9-5-3-7-12(14)16(20-10)21-15(18)11-6-2-4-8-13(11)17;1-3-5-7-9-8-6-4-2/h2-9H,17H2,1H3,(H2,18,19,20,21);3-9H2,1-2H3. The molecule has 0 aliphatic rings. The second-order valence-electron chi connectivity index (χ2n) is 7.46. The van der Waals surface area contributed by atoms with Crippen molar-refractivity contribution < 1.29 is 0 Å². The van der Waals surface area contributed by atoms with Gasteiger partial charge in [0.15, 0.2) is 5.82 Å². The SMILES string of the molecule is CCCCCCCCC.Cc1nc(N=C(N)c2ccccc2N)c2ccccc2n1. The van der Waals surface area contributed by atoms with Crippen LogP contribution in [0, 0.1) is 6.92 Å². The quantitative estimate of drug-likeness (QED) is 0.199. The minimum atomic E-state index is 0.344. The Bertz CT molecular complexity index is 943. The van der Waals surface area contributed by atoms with E-state index in [1.54, 1.807) is 6.07 Å². The molecule has 0 saturated carbocycles. The fourth-order valence-electron chi connectivity index (χ4n) is 3.19. The Morgan fingerprint density at radius 3 is 2.10 bits per heavy atom. The lowest BCUT2D eigenvalue weighted by molar-refractivity contribution is 0.602. The predicted octanol–water partition coefficient (Wildman–Crippen LogP) is 6.31. The van der Waals surface area contributed by atoms with Gasteiger partial charge >= 0.3 is 0 Å². The highest BCUT2D eigenvalue weighted by molar-refractivity contribution is 6.04. The van der Waals surface area contributed by atoms with E-state index in [0.29, 0.717) is 28.7 Å². The van der Waals surface area contributed by atoms with Gasteiger partial charge in [-0.2, -0.15) is 0 Å². The lowest BCUT2D eigenvalue weighted by Gasteiger charge is -2.06. The minimum Gasteiger partial charge on any atom is -0.398 e. The van der Waals surface area contributed by atoms with Crippen molar-refractivity contribution in [2.45, 2.75) is 65.7 Å². The number of nitrogens with two attached hydrogens (primary N) is 2. The number of aromatic nitrogens is 2. The van der Waals surface area contributed by atoms with Gasteiger partial charge in [-0.25, -0.2) is 15.0 Å². The van der Waals surface area contributed by atoms with Gasteiger partial charge in [-0.05, 0) is 31.2 Å². The molecule has 1 heterocycles. The molecule has 4 N–H and O–H groups in total. The molecule has 3 rings (SSSR count). The average Bonchev–Trinajstić information content (AvgIpc) is 2.74. The number of hydrogen-bond donors (Lipinski definition) is 2. The van der Waals surface area contributed by atoms with Crippen LogP contribution in [0.5, 0.6) is 0 Å². The molecule has 0 saturated heterocycles. The van der Waals surface area contributed by atoms with Gasteiger partial charge in [0.05, 0.1) is 5.52 Å². The number of aliphatic imine (C=N–C) groups is 1. The summed E-state index contributed by atoms with van der Waals surface area (Å²) in [7, 11) is 0. The summed E-state index contributed by atoms with van der Waals surface area (Å²) < 4.78 is 0. The number of unbranched alkanes of at least 4 members (excludes halogenated alkanes) is 6. The van der Waals surface area contributed by atoms with Gasteiger partial charge in [0.25, 0.3) is 0 Å². The van der Waals surface area contributed by atoms with Gasteiger partial charge in [-0.1, -0.05) is 83.1 Å². The molecule has 0 atom stereocenters. The van der Waals surface area contributed by atoms with Crippen LogP contribution in [0.4, 0.5) is 11.5 Å². The highest BCUT2D eigenvalue weighted by atomic mass is 15.0. The van der Waals surface area contributed by atoms with Crippen molar-refractivity contribution in [2.24, 2.45) is 10.7 Å². The summed E-state index contributed by atoms with van der Waals surface area (Å²) in [5.41, 5.74) is 14.1. The maximum Gasteiger partial charge on any atom is 0.165 e. The third-order valence-electron chi connectivity index (χ3n) is 4.87. The summed E-state index contributed by atoms with van der Waals surface area (Å²) in [5.74, 6) is 1.55. The highest BCUT2D eigenvalue weighted by Crippen LogP contribution is 2.23. The Morgan fingerprint density at radius 2 is 1.43 bits per heavy atom. The van der Waals surface area contributed by atoms with Crippen LogP contribution in [0.15, 0.2) is 53.5 Å². The number of nitrogen functional groups attached to an aromatic ring is 1.